The van der Waals surface area contributed by atoms with Gasteiger partial charge in [0.1, 0.15) is 17.5 Å². The Labute approximate surface area is 102 Å². The van der Waals surface area contributed by atoms with E-state index in [0.717, 1.165) is 18.2 Å². The van der Waals surface area contributed by atoms with E-state index in [9.17, 15) is 0 Å². The molecular weight excluding hydrogens is 214 g/mol. The summed E-state index contributed by atoms with van der Waals surface area (Å²) < 4.78 is 0. The molecule has 0 atom stereocenters. The summed E-state index contributed by atoms with van der Waals surface area (Å²) in [4.78, 5) is 8.51. The minimum absolute atomic E-state index is 0.467. The predicted octanol–water partition coefficient (Wildman–Crippen LogP) is 1.92. The maximum atomic E-state index is 5.36. The Hall–Kier alpha value is -1.36. The van der Waals surface area contributed by atoms with Gasteiger partial charge in [0.25, 0.3) is 0 Å². The number of aromatic nitrogens is 2. The molecule has 4 N–H and O–H groups in total. The van der Waals surface area contributed by atoms with Crippen molar-refractivity contribution in [3.8, 4) is 0 Å². The Bertz CT molecular complexity index is 398. The smallest absolute Gasteiger partial charge is 0.145 e. The second-order valence-electron chi connectivity index (χ2n) is 5.20. The first kappa shape index (κ1) is 12.1. The van der Waals surface area contributed by atoms with E-state index in [1.807, 2.05) is 13.0 Å². The average Bonchev–Trinajstić information content (AvgIpc) is 3.06. The quantitative estimate of drug-likeness (QED) is 0.537. The van der Waals surface area contributed by atoms with Crippen molar-refractivity contribution < 1.29 is 0 Å². The monoisotopic (exact) mass is 235 g/mol. The van der Waals surface area contributed by atoms with E-state index in [4.69, 9.17) is 5.84 Å². The van der Waals surface area contributed by atoms with E-state index in [1.165, 1.54) is 12.8 Å². The van der Waals surface area contributed by atoms with Gasteiger partial charge >= 0.3 is 0 Å². The lowest BCUT2D eigenvalue weighted by Crippen LogP contribution is -2.21. The lowest BCUT2D eigenvalue weighted by molar-refractivity contribution is 0.380. The molecule has 17 heavy (non-hydrogen) atoms. The zero-order chi connectivity index (χ0) is 12.5. The van der Waals surface area contributed by atoms with Crippen LogP contribution >= 0.6 is 0 Å². The van der Waals surface area contributed by atoms with Gasteiger partial charge in [-0.3, -0.25) is 0 Å². The van der Waals surface area contributed by atoms with Crippen molar-refractivity contribution in [3.63, 3.8) is 0 Å². The van der Waals surface area contributed by atoms with E-state index in [-0.39, 0.29) is 0 Å². The van der Waals surface area contributed by atoms with E-state index in [0.29, 0.717) is 17.2 Å². The zero-order valence-electron chi connectivity index (χ0n) is 10.7. The molecule has 1 aromatic heterocycles. The average molecular weight is 235 g/mol. The van der Waals surface area contributed by atoms with Crippen LogP contribution in [0.3, 0.4) is 0 Å². The van der Waals surface area contributed by atoms with Gasteiger partial charge in [-0.2, -0.15) is 0 Å². The SMILES string of the molecule is Cc1nc(NN)cc(NCC2(C(C)C)CC2)n1. The number of nitrogens with one attached hydrogen (secondary N) is 2. The number of hydrogen-bond donors (Lipinski definition) is 3. The van der Waals surface area contributed by atoms with Crippen LogP contribution in [-0.2, 0) is 0 Å². The minimum Gasteiger partial charge on any atom is -0.369 e. The number of nitrogen functional groups attached to an aromatic ring is 1. The van der Waals surface area contributed by atoms with Crippen LogP contribution in [0.1, 0.15) is 32.5 Å². The summed E-state index contributed by atoms with van der Waals surface area (Å²) in [5.74, 6) is 8.29. The maximum absolute atomic E-state index is 5.36. The molecule has 1 aliphatic carbocycles. The molecule has 1 aliphatic rings. The highest BCUT2D eigenvalue weighted by Gasteiger charge is 2.44. The number of rotatable bonds is 5. The van der Waals surface area contributed by atoms with Crippen LogP contribution in [0.2, 0.25) is 0 Å². The van der Waals surface area contributed by atoms with Gasteiger partial charge in [-0.1, -0.05) is 13.8 Å². The molecule has 1 heterocycles. The lowest BCUT2D eigenvalue weighted by Gasteiger charge is -2.20. The van der Waals surface area contributed by atoms with Crippen LogP contribution in [0.15, 0.2) is 6.07 Å². The Morgan fingerprint density at radius 3 is 2.53 bits per heavy atom. The standard InChI is InChI=1S/C12H21N5/c1-8(2)12(4-5-12)7-14-10-6-11(17-13)16-9(3)15-10/h6,8H,4-5,7,13H2,1-3H3,(H2,14,15,16,17). The zero-order valence-corrected chi connectivity index (χ0v) is 10.7. The van der Waals surface area contributed by atoms with Gasteiger partial charge in [0.2, 0.25) is 0 Å². The highest BCUT2D eigenvalue weighted by Crippen LogP contribution is 2.51. The van der Waals surface area contributed by atoms with Crippen LogP contribution in [0.5, 0.6) is 0 Å². The molecule has 2 rings (SSSR count). The highest BCUT2D eigenvalue weighted by atomic mass is 15.3. The van der Waals surface area contributed by atoms with E-state index < -0.39 is 0 Å². The number of nitrogens with zero attached hydrogens (tertiary/aromatic N) is 2. The third kappa shape index (κ3) is 2.66. The predicted molar refractivity (Wildman–Crippen MR) is 69.6 cm³/mol. The van der Waals surface area contributed by atoms with Crippen LogP contribution in [0, 0.1) is 18.3 Å². The molecule has 0 bridgehead atoms. The summed E-state index contributed by atoms with van der Waals surface area (Å²) >= 11 is 0. The van der Waals surface area contributed by atoms with Crippen LogP contribution in [0.25, 0.3) is 0 Å². The molecule has 94 valence electrons. The maximum Gasteiger partial charge on any atom is 0.145 e. The van der Waals surface area contributed by atoms with Gasteiger partial charge in [0, 0.05) is 12.6 Å². The molecule has 0 saturated heterocycles. The highest BCUT2D eigenvalue weighted by molar-refractivity contribution is 5.47. The first-order valence-electron chi connectivity index (χ1n) is 6.12. The second-order valence-corrected chi connectivity index (χ2v) is 5.20. The van der Waals surface area contributed by atoms with E-state index in [1.54, 1.807) is 0 Å². The van der Waals surface area contributed by atoms with Gasteiger partial charge in [0.05, 0.1) is 0 Å². The Balaban J connectivity index is 2.02. The summed E-state index contributed by atoms with van der Waals surface area (Å²) in [6, 6.07) is 1.84. The minimum atomic E-state index is 0.467. The largest absolute Gasteiger partial charge is 0.369 e. The van der Waals surface area contributed by atoms with Crippen molar-refractivity contribution in [1.29, 1.82) is 0 Å². The fourth-order valence-electron chi connectivity index (χ4n) is 2.12. The molecular formula is C12H21N5. The summed E-state index contributed by atoms with van der Waals surface area (Å²) in [6.45, 7) is 7.41. The third-order valence-corrected chi connectivity index (χ3v) is 3.72. The summed E-state index contributed by atoms with van der Waals surface area (Å²) in [5, 5.41) is 3.40. The molecule has 0 radical (unpaired) electrons. The molecule has 1 saturated carbocycles. The molecule has 0 aliphatic heterocycles. The van der Waals surface area contributed by atoms with Gasteiger partial charge in [0.15, 0.2) is 0 Å². The van der Waals surface area contributed by atoms with E-state index >= 15 is 0 Å². The fourth-order valence-corrected chi connectivity index (χ4v) is 2.12. The Morgan fingerprint density at radius 2 is 2.00 bits per heavy atom. The van der Waals surface area contributed by atoms with Gasteiger partial charge in [-0.15, -0.1) is 0 Å². The third-order valence-electron chi connectivity index (χ3n) is 3.72. The second kappa shape index (κ2) is 4.49. The van der Waals surface area contributed by atoms with Gasteiger partial charge in [-0.05, 0) is 31.1 Å². The van der Waals surface area contributed by atoms with Crippen molar-refractivity contribution in [2.45, 2.75) is 33.6 Å². The van der Waals surface area contributed by atoms with Crippen molar-refractivity contribution >= 4 is 11.6 Å². The summed E-state index contributed by atoms with van der Waals surface area (Å²) in [7, 11) is 0. The molecule has 0 amide bonds. The molecule has 5 nitrogen and oxygen atoms in total. The van der Waals surface area contributed by atoms with Crippen LogP contribution in [-0.4, -0.2) is 16.5 Å². The topological polar surface area (TPSA) is 75.9 Å². The van der Waals surface area contributed by atoms with Crippen molar-refractivity contribution in [2.75, 3.05) is 17.3 Å². The molecule has 0 unspecified atom stereocenters. The number of anilines is 2. The Morgan fingerprint density at radius 1 is 1.35 bits per heavy atom. The van der Waals surface area contributed by atoms with Crippen molar-refractivity contribution in [1.82, 2.24) is 9.97 Å². The number of hydrazine groups is 1. The van der Waals surface area contributed by atoms with Crippen molar-refractivity contribution in [3.05, 3.63) is 11.9 Å². The van der Waals surface area contributed by atoms with Gasteiger partial charge in [-0.25, -0.2) is 15.8 Å². The van der Waals surface area contributed by atoms with Gasteiger partial charge < -0.3 is 10.7 Å². The lowest BCUT2D eigenvalue weighted by atomic mass is 9.92. The molecule has 1 fully saturated rings. The summed E-state index contributed by atoms with van der Waals surface area (Å²) in [6.07, 6.45) is 2.62. The molecule has 1 aromatic rings. The molecule has 0 aromatic carbocycles. The summed E-state index contributed by atoms with van der Waals surface area (Å²) in [5.41, 5.74) is 3.02. The molecule has 5 heteroatoms. The van der Waals surface area contributed by atoms with Crippen LogP contribution < -0.4 is 16.6 Å². The van der Waals surface area contributed by atoms with Crippen LogP contribution in [0.4, 0.5) is 11.6 Å². The number of aryl methyl sites for hydroxylation is 1. The first-order chi connectivity index (χ1) is 8.05. The number of nitrogens with two attached hydrogens (primary N) is 1. The normalized spacial score (nSPS) is 17.0. The van der Waals surface area contributed by atoms with Crippen molar-refractivity contribution in [2.24, 2.45) is 17.2 Å². The van der Waals surface area contributed by atoms with E-state index in [2.05, 4.69) is 34.6 Å². The molecule has 0 spiro atoms. The fraction of sp³-hybridized carbons (Fsp3) is 0.667. The number of hydrogen-bond acceptors (Lipinski definition) is 5. The Kier molecular flexibility index (Phi) is 3.19. The first-order valence-corrected chi connectivity index (χ1v) is 6.12.